The zero-order valence-electron chi connectivity index (χ0n) is 13.9. The number of carbonyl (C=O) groups excluding carboxylic acids is 2. The predicted octanol–water partition coefficient (Wildman–Crippen LogP) is 2.71. The Balaban J connectivity index is 3.05. The molecule has 26 heavy (non-hydrogen) atoms. The molecule has 6 nitrogen and oxygen atoms in total. The molecule has 0 aliphatic heterocycles. The fourth-order valence-electron chi connectivity index (χ4n) is 1.54. The number of halogens is 5. The molecular weight excluding hydrogens is 386 g/mol. The topological polar surface area (TPSA) is 76.7 Å². The Morgan fingerprint density at radius 3 is 2.00 bits per heavy atom. The van der Waals surface area contributed by atoms with E-state index in [4.69, 9.17) is 9.26 Å². The number of ether oxygens (including phenoxy) is 1. The maximum Gasteiger partial charge on any atom is 0.323 e. The van der Waals surface area contributed by atoms with Gasteiger partial charge in [0.05, 0.1) is 12.6 Å². The molecule has 0 amide bonds. The van der Waals surface area contributed by atoms with Gasteiger partial charge >= 0.3 is 5.97 Å². The third kappa shape index (κ3) is 5.58. The molecule has 0 saturated heterocycles. The molecule has 0 aliphatic carbocycles. The quantitative estimate of drug-likeness (QED) is 0.165. The van der Waals surface area contributed by atoms with Gasteiger partial charge in [-0.2, -0.15) is 8.78 Å². The summed E-state index contributed by atoms with van der Waals surface area (Å²) in [5.41, 5.74) is 0. The lowest BCUT2D eigenvalue weighted by molar-refractivity contribution is -0.148. The first-order valence-electron chi connectivity index (χ1n) is 7.23. The van der Waals surface area contributed by atoms with E-state index in [-0.39, 0.29) is 6.54 Å². The van der Waals surface area contributed by atoms with Crippen LogP contribution in [-0.2, 0) is 14.3 Å². The van der Waals surface area contributed by atoms with Crippen LogP contribution in [0.2, 0.25) is 0 Å². The average Bonchev–Trinajstić information content (AvgIpc) is 2.58. The maximum atomic E-state index is 13.7. The van der Waals surface area contributed by atoms with Gasteiger partial charge in [0.25, 0.3) is 0 Å². The molecule has 2 unspecified atom stereocenters. The molecule has 0 bridgehead atoms. The zero-order chi connectivity index (χ0) is 20.0. The van der Waals surface area contributed by atoms with Crippen molar-refractivity contribution < 1.29 is 40.8 Å². The minimum atomic E-state index is -2.37. The Morgan fingerprint density at radius 1 is 1.04 bits per heavy atom. The van der Waals surface area contributed by atoms with Crippen LogP contribution in [0.5, 0.6) is 5.75 Å². The largest absolute Gasteiger partial charge is 0.462 e. The van der Waals surface area contributed by atoms with E-state index in [1.165, 1.54) is 6.92 Å². The first-order valence-corrected chi connectivity index (χ1v) is 8.49. The van der Waals surface area contributed by atoms with Crippen molar-refractivity contribution in [2.75, 3.05) is 6.54 Å². The van der Waals surface area contributed by atoms with Gasteiger partial charge in [0.2, 0.25) is 43.3 Å². The van der Waals surface area contributed by atoms with E-state index in [1.54, 1.807) is 13.8 Å². The summed E-state index contributed by atoms with van der Waals surface area (Å²) in [4.78, 5) is 22.2. The lowest BCUT2D eigenvalue weighted by Crippen LogP contribution is -2.37. The summed E-state index contributed by atoms with van der Waals surface area (Å²) in [6, 6.07) is -1.07. The van der Waals surface area contributed by atoms with Crippen LogP contribution in [0.1, 0.15) is 20.8 Å². The normalized spacial score (nSPS) is 13.4. The Bertz CT molecular complexity index is 648. The van der Waals surface area contributed by atoms with E-state index in [9.17, 15) is 31.5 Å². The number of hydrogen-bond donors (Lipinski definition) is 2. The highest BCUT2D eigenvalue weighted by Gasteiger charge is 2.30. The van der Waals surface area contributed by atoms with Gasteiger partial charge in [-0.15, -0.1) is 0 Å². The smallest absolute Gasteiger partial charge is 0.323 e. The SMILES string of the molecule is CC(C)OC(=O)C(C)NP(NCC=O)Oc1c(F)c(F)c(F)c(F)c1F. The monoisotopic (exact) mass is 402 g/mol. The molecule has 2 atom stereocenters. The number of aldehydes is 1. The molecule has 146 valence electrons. The Hall–Kier alpha value is -1.84. The summed E-state index contributed by atoms with van der Waals surface area (Å²) in [5, 5.41) is 4.79. The van der Waals surface area contributed by atoms with Crippen LogP contribution in [0.4, 0.5) is 22.0 Å². The number of rotatable bonds is 9. The van der Waals surface area contributed by atoms with E-state index in [0.29, 0.717) is 6.29 Å². The third-order valence-corrected chi connectivity index (χ3v) is 4.14. The molecule has 0 spiro atoms. The van der Waals surface area contributed by atoms with Gasteiger partial charge in [-0.25, -0.2) is 23.3 Å². The molecule has 1 rings (SSSR count). The van der Waals surface area contributed by atoms with Crippen molar-refractivity contribution in [1.82, 2.24) is 10.2 Å². The molecule has 2 N–H and O–H groups in total. The van der Waals surface area contributed by atoms with Crippen molar-refractivity contribution in [2.24, 2.45) is 0 Å². The minimum Gasteiger partial charge on any atom is -0.462 e. The molecular formula is C14H16F5N2O4P. The second kappa shape index (κ2) is 9.75. The summed E-state index contributed by atoms with van der Waals surface area (Å²) in [7, 11) is -2.37. The van der Waals surface area contributed by atoms with Gasteiger partial charge in [-0.05, 0) is 20.8 Å². The van der Waals surface area contributed by atoms with Gasteiger partial charge in [0, 0.05) is 0 Å². The molecule has 0 aromatic heterocycles. The predicted molar refractivity (Wildman–Crippen MR) is 81.7 cm³/mol. The average molecular weight is 402 g/mol. The highest BCUT2D eigenvalue weighted by molar-refractivity contribution is 7.48. The van der Waals surface area contributed by atoms with Gasteiger partial charge < -0.3 is 14.1 Å². The summed E-state index contributed by atoms with van der Waals surface area (Å²) in [6.07, 6.45) is -0.0762. The van der Waals surface area contributed by atoms with Gasteiger partial charge in [0.15, 0.2) is 0 Å². The van der Waals surface area contributed by atoms with E-state index in [1.807, 2.05) is 0 Å². The van der Waals surface area contributed by atoms with E-state index < -0.39 is 61.4 Å². The van der Waals surface area contributed by atoms with Crippen LogP contribution in [0.15, 0.2) is 0 Å². The molecule has 0 heterocycles. The molecule has 0 radical (unpaired) electrons. The summed E-state index contributed by atoms with van der Waals surface area (Å²) in [5.74, 6) is -13.3. The van der Waals surface area contributed by atoms with Gasteiger partial charge in [0.1, 0.15) is 12.3 Å². The van der Waals surface area contributed by atoms with Crippen LogP contribution in [0, 0.1) is 29.1 Å². The lowest BCUT2D eigenvalue weighted by Gasteiger charge is -2.23. The molecule has 0 fully saturated rings. The first-order chi connectivity index (χ1) is 12.1. The third-order valence-electron chi connectivity index (χ3n) is 2.69. The number of benzene rings is 1. The molecule has 0 aliphatic rings. The van der Waals surface area contributed by atoms with Crippen molar-refractivity contribution in [3.05, 3.63) is 29.1 Å². The molecule has 0 saturated carbocycles. The Labute approximate surface area is 147 Å². The van der Waals surface area contributed by atoms with Crippen molar-refractivity contribution >= 4 is 20.7 Å². The first kappa shape index (κ1) is 22.2. The fraction of sp³-hybridized carbons (Fsp3) is 0.429. The molecule has 1 aromatic rings. The number of nitrogens with one attached hydrogen (secondary N) is 2. The van der Waals surface area contributed by atoms with Crippen molar-refractivity contribution in [2.45, 2.75) is 32.9 Å². The van der Waals surface area contributed by atoms with Crippen molar-refractivity contribution in [3.63, 3.8) is 0 Å². The van der Waals surface area contributed by atoms with Gasteiger partial charge in [-0.3, -0.25) is 4.79 Å². The Kier molecular flexibility index (Phi) is 8.32. The highest BCUT2D eigenvalue weighted by Crippen LogP contribution is 2.37. The fourth-order valence-corrected chi connectivity index (χ4v) is 2.79. The molecule has 12 heteroatoms. The zero-order valence-corrected chi connectivity index (χ0v) is 14.8. The second-order valence-electron chi connectivity index (χ2n) is 5.15. The number of carbonyl (C=O) groups is 2. The number of esters is 1. The Morgan fingerprint density at radius 2 is 1.54 bits per heavy atom. The van der Waals surface area contributed by atoms with E-state index >= 15 is 0 Å². The minimum absolute atomic E-state index is 0.371. The second-order valence-corrected chi connectivity index (χ2v) is 6.50. The number of hydrogen-bond acceptors (Lipinski definition) is 6. The van der Waals surface area contributed by atoms with Crippen LogP contribution >= 0.6 is 8.45 Å². The van der Waals surface area contributed by atoms with E-state index in [2.05, 4.69) is 10.2 Å². The lowest BCUT2D eigenvalue weighted by atomic mass is 10.3. The van der Waals surface area contributed by atoms with Gasteiger partial charge in [-0.1, -0.05) is 0 Å². The van der Waals surface area contributed by atoms with Crippen molar-refractivity contribution in [1.29, 1.82) is 0 Å². The van der Waals surface area contributed by atoms with Crippen LogP contribution < -0.4 is 14.7 Å². The summed E-state index contributed by atoms with van der Waals surface area (Å²) < 4.78 is 76.6. The summed E-state index contributed by atoms with van der Waals surface area (Å²) in [6.45, 7) is 4.12. The maximum absolute atomic E-state index is 13.7. The highest BCUT2D eigenvalue weighted by atomic mass is 31.2. The standard InChI is InChI=1S/C14H16F5N2O4P/c1-6(2)24-14(23)7(3)21-26(20-4-5-22)25-13-11(18)9(16)8(15)10(17)12(13)19/h5-7,20-21H,4H2,1-3H3. The van der Waals surface area contributed by atoms with Crippen LogP contribution in [0.25, 0.3) is 0 Å². The van der Waals surface area contributed by atoms with Crippen LogP contribution in [0.3, 0.4) is 0 Å². The summed E-state index contributed by atoms with van der Waals surface area (Å²) >= 11 is 0. The van der Waals surface area contributed by atoms with Crippen molar-refractivity contribution in [3.8, 4) is 5.75 Å². The molecule has 1 aromatic carbocycles. The van der Waals surface area contributed by atoms with Crippen LogP contribution in [-0.4, -0.2) is 30.9 Å². The van der Waals surface area contributed by atoms with E-state index in [0.717, 1.165) is 0 Å².